The van der Waals surface area contributed by atoms with Gasteiger partial charge >= 0.3 is 6.09 Å². The summed E-state index contributed by atoms with van der Waals surface area (Å²) in [6.45, 7) is 9.60. The number of likely N-dealkylation sites (tertiary alicyclic amines) is 1. The highest BCUT2D eigenvalue weighted by molar-refractivity contribution is 5.69. The quantitative estimate of drug-likeness (QED) is 0.855. The zero-order valence-corrected chi connectivity index (χ0v) is 14.7. The molecule has 1 saturated heterocycles. The highest BCUT2D eigenvalue weighted by Crippen LogP contribution is 2.52. The molecule has 1 amide bonds. The molecule has 1 aromatic rings. The number of carbonyl (C=O) groups is 1. The average Bonchev–Trinajstić information content (AvgIpc) is 2.91. The van der Waals surface area contributed by atoms with Gasteiger partial charge in [-0.25, -0.2) is 4.79 Å². The van der Waals surface area contributed by atoms with Crippen molar-refractivity contribution in [1.82, 2.24) is 9.80 Å². The number of amides is 1. The largest absolute Gasteiger partial charge is 0.444 e. The molecule has 126 valence electrons. The minimum atomic E-state index is -0.404. The topological polar surface area (TPSA) is 32.8 Å². The highest BCUT2D eigenvalue weighted by Gasteiger charge is 2.56. The van der Waals surface area contributed by atoms with Gasteiger partial charge in [-0.1, -0.05) is 30.3 Å². The van der Waals surface area contributed by atoms with Gasteiger partial charge in [0.2, 0.25) is 0 Å². The summed E-state index contributed by atoms with van der Waals surface area (Å²) in [6.07, 6.45) is -0.152. The number of piperidine rings is 1. The van der Waals surface area contributed by atoms with Crippen molar-refractivity contribution in [2.45, 2.75) is 32.9 Å². The highest BCUT2D eigenvalue weighted by atomic mass is 16.6. The van der Waals surface area contributed by atoms with Gasteiger partial charge in [0.25, 0.3) is 0 Å². The van der Waals surface area contributed by atoms with Gasteiger partial charge in [0.05, 0.1) is 0 Å². The van der Waals surface area contributed by atoms with Crippen LogP contribution in [0.25, 0.3) is 0 Å². The molecule has 2 aliphatic rings. The molecule has 3 rings (SSSR count). The van der Waals surface area contributed by atoms with Crippen LogP contribution in [0.3, 0.4) is 0 Å². The maximum absolute atomic E-state index is 12.1. The number of hydrogen-bond donors (Lipinski definition) is 0. The van der Waals surface area contributed by atoms with Gasteiger partial charge in [-0.3, -0.25) is 0 Å². The fourth-order valence-electron chi connectivity index (χ4n) is 3.72. The first-order valence-electron chi connectivity index (χ1n) is 8.54. The lowest BCUT2D eigenvalue weighted by Crippen LogP contribution is -2.37. The molecule has 0 bridgehead atoms. The van der Waals surface area contributed by atoms with Gasteiger partial charge in [-0.05, 0) is 51.1 Å². The Morgan fingerprint density at radius 3 is 2.39 bits per heavy atom. The van der Waals surface area contributed by atoms with Crippen molar-refractivity contribution in [3.63, 3.8) is 0 Å². The smallest absolute Gasteiger partial charge is 0.410 e. The minimum Gasteiger partial charge on any atom is -0.444 e. The van der Waals surface area contributed by atoms with Crippen LogP contribution in [0.4, 0.5) is 4.79 Å². The number of rotatable bonds is 4. The van der Waals surface area contributed by atoms with Crippen molar-refractivity contribution in [2.24, 2.45) is 17.8 Å². The first-order valence-corrected chi connectivity index (χ1v) is 8.54. The van der Waals surface area contributed by atoms with Gasteiger partial charge < -0.3 is 14.5 Å². The second-order valence-corrected chi connectivity index (χ2v) is 8.06. The third-order valence-electron chi connectivity index (χ3n) is 4.84. The lowest BCUT2D eigenvalue weighted by molar-refractivity contribution is 0.0263. The molecule has 0 radical (unpaired) electrons. The van der Waals surface area contributed by atoms with E-state index in [0.717, 1.165) is 32.1 Å². The molecule has 1 aliphatic heterocycles. The number of ether oxygens (including phenoxy) is 1. The Hall–Kier alpha value is -1.55. The zero-order chi connectivity index (χ0) is 16.6. The number of hydrogen-bond acceptors (Lipinski definition) is 3. The molecule has 0 N–H and O–H groups in total. The Morgan fingerprint density at radius 2 is 1.83 bits per heavy atom. The summed E-state index contributed by atoms with van der Waals surface area (Å²) in [4.78, 5) is 16.4. The Balaban J connectivity index is 1.43. The Labute approximate surface area is 139 Å². The number of fused-ring (bicyclic) bond motifs is 1. The molecule has 1 aliphatic carbocycles. The molecule has 1 aromatic carbocycles. The van der Waals surface area contributed by atoms with Crippen LogP contribution in [0.2, 0.25) is 0 Å². The third kappa shape index (κ3) is 4.05. The lowest BCUT2D eigenvalue weighted by Gasteiger charge is -2.26. The van der Waals surface area contributed by atoms with Gasteiger partial charge in [0.1, 0.15) is 5.60 Å². The molecule has 3 atom stereocenters. The van der Waals surface area contributed by atoms with Crippen LogP contribution in [-0.4, -0.2) is 48.2 Å². The van der Waals surface area contributed by atoms with Crippen LogP contribution in [0.15, 0.2) is 30.3 Å². The van der Waals surface area contributed by atoms with Crippen molar-refractivity contribution < 1.29 is 9.53 Å². The van der Waals surface area contributed by atoms with Crippen molar-refractivity contribution in [3.05, 3.63) is 35.9 Å². The van der Waals surface area contributed by atoms with Crippen molar-refractivity contribution in [1.29, 1.82) is 0 Å². The molecule has 0 unspecified atom stereocenters. The summed E-state index contributed by atoms with van der Waals surface area (Å²) in [7, 11) is 2.19. The molecule has 4 heteroatoms. The van der Waals surface area contributed by atoms with E-state index in [4.69, 9.17) is 4.74 Å². The molecule has 1 heterocycles. The van der Waals surface area contributed by atoms with Crippen LogP contribution < -0.4 is 0 Å². The van der Waals surface area contributed by atoms with E-state index in [2.05, 4.69) is 42.3 Å². The Kier molecular flexibility index (Phi) is 4.37. The monoisotopic (exact) mass is 316 g/mol. The SMILES string of the molecule is CN(Cc1ccccc1)C[C@@H]1[C@H]2CN(C(=O)OC(C)(C)C)C[C@@H]12. The van der Waals surface area contributed by atoms with Crippen LogP contribution >= 0.6 is 0 Å². The normalized spacial score (nSPS) is 26.3. The fraction of sp³-hybridized carbons (Fsp3) is 0.632. The van der Waals surface area contributed by atoms with Gasteiger partial charge in [0, 0.05) is 26.2 Å². The minimum absolute atomic E-state index is 0.152. The Bertz CT molecular complexity index is 540. The van der Waals surface area contributed by atoms with Crippen LogP contribution in [0.5, 0.6) is 0 Å². The summed E-state index contributed by atoms with van der Waals surface area (Å²) < 4.78 is 5.46. The van der Waals surface area contributed by atoms with Crippen molar-refractivity contribution in [2.75, 3.05) is 26.7 Å². The van der Waals surface area contributed by atoms with Gasteiger partial charge in [-0.2, -0.15) is 0 Å². The first-order chi connectivity index (χ1) is 10.8. The summed E-state index contributed by atoms with van der Waals surface area (Å²) in [5.74, 6) is 2.07. The van der Waals surface area contributed by atoms with Gasteiger partial charge in [0.15, 0.2) is 0 Å². The molecule has 1 saturated carbocycles. The predicted octanol–water partition coefficient (Wildman–Crippen LogP) is 3.23. The van der Waals surface area contributed by atoms with Gasteiger partial charge in [-0.15, -0.1) is 0 Å². The number of carbonyl (C=O) groups excluding carboxylic acids is 1. The van der Waals surface area contributed by atoms with E-state index in [9.17, 15) is 4.79 Å². The molecule has 2 fully saturated rings. The molecule has 23 heavy (non-hydrogen) atoms. The van der Waals surface area contributed by atoms with E-state index in [1.54, 1.807) is 0 Å². The average molecular weight is 316 g/mol. The number of benzene rings is 1. The van der Waals surface area contributed by atoms with Crippen LogP contribution in [0.1, 0.15) is 26.3 Å². The predicted molar refractivity (Wildman–Crippen MR) is 91.1 cm³/mol. The maximum atomic E-state index is 12.1. The van der Waals surface area contributed by atoms with E-state index in [0.29, 0.717) is 11.8 Å². The molecule has 0 spiro atoms. The van der Waals surface area contributed by atoms with E-state index in [1.165, 1.54) is 5.56 Å². The zero-order valence-electron chi connectivity index (χ0n) is 14.7. The fourth-order valence-corrected chi connectivity index (χ4v) is 3.72. The summed E-state index contributed by atoms with van der Waals surface area (Å²) in [6, 6.07) is 10.6. The second kappa shape index (κ2) is 6.16. The molecule has 4 nitrogen and oxygen atoms in total. The van der Waals surface area contributed by atoms with Crippen LogP contribution in [0, 0.1) is 17.8 Å². The van der Waals surface area contributed by atoms with Crippen molar-refractivity contribution >= 4 is 6.09 Å². The maximum Gasteiger partial charge on any atom is 0.410 e. The van der Waals surface area contributed by atoms with Crippen molar-refractivity contribution in [3.8, 4) is 0 Å². The van der Waals surface area contributed by atoms with E-state index in [-0.39, 0.29) is 6.09 Å². The van der Waals surface area contributed by atoms with E-state index < -0.39 is 5.60 Å². The molecular weight excluding hydrogens is 288 g/mol. The second-order valence-electron chi connectivity index (χ2n) is 8.06. The lowest BCUT2D eigenvalue weighted by atomic mass is 10.2. The van der Waals surface area contributed by atoms with Crippen LogP contribution in [-0.2, 0) is 11.3 Å². The molecule has 0 aromatic heterocycles. The summed E-state index contributed by atoms with van der Waals surface area (Å²) >= 11 is 0. The standard InChI is InChI=1S/C19H28N2O2/c1-19(2,3)23-18(22)21-12-16-15(17(16)13-21)11-20(4)10-14-8-6-5-7-9-14/h5-9,15-17H,10-13H2,1-4H3/t15-,16-,17+. The first kappa shape index (κ1) is 16.3. The summed E-state index contributed by atoms with van der Waals surface area (Å²) in [5, 5.41) is 0. The third-order valence-corrected chi connectivity index (χ3v) is 4.84. The van der Waals surface area contributed by atoms with E-state index >= 15 is 0 Å². The van der Waals surface area contributed by atoms with E-state index in [1.807, 2.05) is 25.7 Å². The summed E-state index contributed by atoms with van der Waals surface area (Å²) in [5.41, 5.74) is 0.954. The Morgan fingerprint density at radius 1 is 1.22 bits per heavy atom. The number of nitrogens with zero attached hydrogens (tertiary/aromatic N) is 2. The molecular formula is C19H28N2O2.